The van der Waals surface area contributed by atoms with Gasteiger partial charge in [0.1, 0.15) is 11.4 Å². The number of amides is 1. The van der Waals surface area contributed by atoms with Crippen molar-refractivity contribution in [2.24, 2.45) is 0 Å². The van der Waals surface area contributed by atoms with Crippen molar-refractivity contribution in [3.05, 3.63) is 65.1 Å². The van der Waals surface area contributed by atoms with Crippen LogP contribution >= 0.6 is 11.6 Å². The maximum absolute atomic E-state index is 12.3. The topological polar surface area (TPSA) is 55.6 Å². The van der Waals surface area contributed by atoms with E-state index in [0.29, 0.717) is 22.9 Å². The van der Waals surface area contributed by atoms with Crippen LogP contribution in [0.15, 0.2) is 48.8 Å². The van der Waals surface area contributed by atoms with E-state index >= 15 is 0 Å². The van der Waals surface area contributed by atoms with Crippen LogP contribution in [0.4, 0.5) is 0 Å². The van der Waals surface area contributed by atoms with Gasteiger partial charge in [-0.1, -0.05) is 17.7 Å². The van der Waals surface area contributed by atoms with E-state index in [9.17, 15) is 4.79 Å². The first-order valence-electron chi connectivity index (χ1n) is 6.72. The molecule has 2 aromatic heterocycles. The summed E-state index contributed by atoms with van der Waals surface area (Å²) in [5, 5.41) is 3.31. The highest BCUT2D eigenvalue weighted by molar-refractivity contribution is 6.31. The lowest BCUT2D eigenvalue weighted by Crippen LogP contribution is -2.23. The zero-order valence-electron chi connectivity index (χ0n) is 11.9. The summed E-state index contributed by atoms with van der Waals surface area (Å²) < 4.78 is 7.09. The van der Waals surface area contributed by atoms with Crippen molar-refractivity contribution in [2.75, 3.05) is 7.11 Å². The van der Waals surface area contributed by atoms with Crippen LogP contribution in [0, 0.1) is 0 Å². The van der Waals surface area contributed by atoms with E-state index < -0.39 is 0 Å². The summed E-state index contributed by atoms with van der Waals surface area (Å²) in [6.45, 7) is 0.330. The van der Waals surface area contributed by atoms with Gasteiger partial charge in [0.15, 0.2) is 0 Å². The fraction of sp³-hybridized carbons (Fsp3) is 0.125. The summed E-state index contributed by atoms with van der Waals surface area (Å²) in [7, 11) is 1.52. The normalized spacial score (nSPS) is 10.6. The molecular weight excluding hydrogens is 302 g/mol. The van der Waals surface area contributed by atoms with Crippen LogP contribution < -0.4 is 10.1 Å². The van der Waals surface area contributed by atoms with Crippen molar-refractivity contribution >= 4 is 23.2 Å². The molecule has 2 heterocycles. The van der Waals surface area contributed by atoms with Gasteiger partial charge in [-0.25, -0.2) is 4.98 Å². The third-order valence-electron chi connectivity index (χ3n) is 3.25. The zero-order chi connectivity index (χ0) is 15.5. The van der Waals surface area contributed by atoms with Gasteiger partial charge in [0.25, 0.3) is 5.91 Å². The molecule has 1 amide bonds. The molecule has 0 saturated carbocycles. The van der Waals surface area contributed by atoms with Crippen LogP contribution in [0.3, 0.4) is 0 Å². The Morgan fingerprint density at radius 3 is 3.00 bits per heavy atom. The number of aromatic nitrogens is 2. The van der Waals surface area contributed by atoms with Gasteiger partial charge < -0.3 is 14.5 Å². The Kier molecular flexibility index (Phi) is 3.98. The molecule has 0 aliphatic rings. The van der Waals surface area contributed by atoms with E-state index in [1.54, 1.807) is 18.2 Å². The molecular formula is C16H14ClN3O2. The molecule has 0 saturated heterocycles. The van der Waals surface area contributed by atoms with Gasteiger partial charge in [-0.3, -0.25) is 4.79 Å². The summed E-state index contributed by atoms with van der Waals surface area (Å²) in [6, 6.07) is 10.7. The largest absolute Gasteiger partial charge is 0.496 e. The fourth-order valence-corrected chi connectivity index (χ4v) is 2.37. The number of carbonyl (C=O) groups is 1. The highest BCUT2D eigenvalue weighted by atomic mass is 35.5. The molecule has 3 rings (SSSR count). The fourth-order valence-electron chi connectivity index (χ4n) is 2.20. The van der Waals surface area contributed by atoms with Crippen LogP contribution in [0.2, 0.25) is 5.02 Å². The quantitative estimate of drug-likeness (QED) is 0.805. The minimum Gasteiger partial charge on any atom is -0.496 e. The highest BCUT2D eigenvalue weighted by Gasteiger charge is 2.13. The number of halogens is 1. The molecule has 0 aliphatic carbocycles. The summed E-state index contributed by atoms with van der Waals surface area (Å²) in [4.78, 5) is 16.7. The number of hydrogen-bond donors (Lipinski definition) is 1. The first-order chi connectivity index (χ1) is 10.7. The van der Waals surface area contributed by atoms with Crippen molar-refractivity contribution in [1.29, 1.82) is 0 Å². The number of hydrogen-bond acceptors (Lipinski definition) is 3. The number of nitrogens with zero attached hydrogens (tertiary/aromatic N) is 2. The van der Waals surface area contributed by atoms with E-state index in [1.807, 2.05) is 35.0 Å². The SMILES string of the molecule is COc1ccc(Cl)cc1C(=O)NCc1cn2ccccc2n1. The molecule has 22 heavy (non-hydrogen) atoms. The monoisotopic (exact) mass is 315 g/mol. The molecule has 0 radical (unpaired) electrons. The molecule has 0 bridgehead atoms. The van der Waals surface area contributed by atoms with Gasteiger partial charge in [-0.2, -0.15) is 0 Å². The molecule has 1 aromatic carbocycles. The number of methoxy groups -OCH3 is 1. The molecule has 6 heteroatoms. The minimum atomic E-state index is -0.253. The van der Waals surface area contributed by atoms with Crippen molar-refractivity contribution < 1.29 is 9.53 Å². The van der Waals surface area contributed by atoms with Crippen LogP contribution in [0.25, 0.3) is 5.65 Å². The zero-order valence-corrected chi connectivity index (χ0v) is 12.7. The van der Waals surface area contributed by atoms with E-state index in [-0.39, 0.29) is 5.91 Å². The van der Waals surface area contributed by atoms with Crippen molar-refractivity contribution in [3.63, 3.8) is 0 Å². The Morgan fingerprint density at radius 1 is 1.36 bits per heavy atom. The van der Waals surface area contributed by atoms with Crippen molar-refractivity contribution in [3.8, 4) is 5.75 Å². The summed E-state index contributed by atoms with van der Waals surface area (Å²) >= 11 is 5.94. The molecule has 1 N–H and O–H groups in total. The lowest BCUT2D eigenvalue weighted by molar-refractivity contribution is 0.0947. The lowest BCUT2D eigenvalue weighted by Gasteiger charge is -2.08. The van der Waals surface area contributed by atoms with Crippen molar-refractivity contribution in [2.45, 2.75) is 6.54 Å². The summed E-state index contributed by atoms with van der Waals surface area (Å²) in [6.07, 6.45) is 3.79. The maximum atomic E-state index is 12.3. The van der Waals surface area contributed by atoms with Gasteiger partial charge in [0.05, 0.1) is 24.9 Å². The number of fused-ring (bicyclic) bond motifs is 1. The van der Waals surface area contributed by atoms with Crippen LogP contribution in [0.5, 0.6) is 5.75 Å². The molecule has 112 valence electrons. The number of imidazole rings is 1. The minimum absolute atomic E-state index is 0.253. The van der Waals surface area contributed by atoms with Crippen molar-refractivity contribution in [1.82, 2.24) is 14.7 Å². The predicted molar refractivity (Wildman–Crippen MR) is 84.4 cm³/mol. The Balaban J connectivity index is 1.76. The average molecular weight is 316 g/mol. The Bertz CT molecular complexity index is 796. The Labute approximate surface area is 132 Å². The third kappa shape index (κ3) is 2.89. The Morgan fingerprint density at radius 2 is 2.23 bits per heavy atom. The standard InChI is InChI=1S/C16H14ClN3O2/c1-22-14-6-5-11(17)8-13(14)16(21)18-9-12-10-20-7-3-2-4-15(20)19-12/h2-8,10H,9H2,1H3,(H,18,21). The molecule has 0 aliphatic heterocycles. The van der Waals surface area contributed by atoms with E-state index in [1.165, 1.54) is 7.11 Å². The van der Waals surface area contributed by atoms with Crippen LogP contribution in [-0.4, -0.2) is 22.4 Å². The molecule has 0 fully saturated rings. The van der Waals surface area contributed by atoms with Gasteiger partial charge in [-0.15, -0.1) is 0 Å². The van der Waals surface area contributed by atoms with E-state index in [4.69, 9.17) is 16.3 Å². The molecule has 0 unspecified atom stereocenters. The van der Waals surface area contributed by atoms with Gasteiger partial charge in [-0.05, 0) is 30.3 Å². The first-order valence-corrected chi connectivity index (χ1v) is 7.09. The van der Waals surface area contributed by atoms with Gasteiger partial charge in [0, 0.05) is 17.4 Å². The molecule has 5 nitrogen and oxygen atoms in total. The van der Waals surface area contributed by atoms with E-state index in [2.05, 4.69) is 10.3 Å². The number of rotatable bonds is 4. The van der Waals surface area contributed by atoms with Crippen LogP contribution in [0.1, 0.15) is 16.1 Å². The second-order valence-electron chi connectivity index (χ2n) is 4.73. The average Bonchev–Trinajstić information content (AvgIpc) is 2.95. The van der Waals surface area contributed by atoms with E-state index in [0.717, 1.165) is 11.3 Å². The predicted octanol–water partition coefficient (Wildman–Crippen LogP) is 2.93. The molecule has 0 spiro atoms. The summed E-state index contributed by atoms with van der Waals surface area (Å²) in [5.74, 6) is 0.230. The highest BCUT2D eigenvalue weighted by Crippen LogP contribution is 2.22. The smallest absolute Gasteiger partial charge is 0.255 e. The number of ether oxygens (including phenoxy) is 1. The number of nitrogens with one attached hydrogen (secondary N) is 1. The molecule has 0 atom stereocenters. The second-order valence-corrected chi connectivity index (χ2v) is 5.16. The first kappa shape index (κ1) is 14.4. The third-order valence-corrected chi connectivity index (χ3v) is 3.49. The maximum Gasteiger partial charge on any atom is 0.255 e. The Hall–Kier alpha value is -2.53. The van der Waals surface area contributed by atoms with Gasteiger partial charge in [0.2, 0.25) is 0 Å². The second kappa shape index (κ2) is 6.07. The van der Waals surface area contributed by atoms with Gasteiger partial charge >= 0.3 is 0 Å². The van der Waals surface area contributed by atoms with Crippen LogP contribution in [-0.2, 0) is 6.54 Å². The number of carbonyl (C=O) groups excluding carboxylic acids is 1. The number of benzene rings is 1. The number of pyridine rings is 1. The summed E-state index contributed by atoms with van der Waals surface area (Å²) in [5.41, 5.74) is 2.02. The molecule has 3 aromatic rings. The lowest BCUT2D eigenvalue weighted by atomic mass is 10.2.